The molecule has 0 aromatic heterocycles. The third-order valence-corrected chi connectivity index (χ3v) is 4.41. The van der Waals surface area contributed by atoms with Crippen molar-refractivity contribution in [1.82, 2.24) is 9.80 Å². The molecule has 1 amide bonds. The van der Waals surface area contributed by atoms with Gasteiger partial charge in [0.15, 0.2) is 0 Å². The highest BCUT2D eigenvalue weighted by molar-refractivity contribution is 8.01. The molecule has 2 rings (SSSR count). The summed E-state index contributed by atoms with van der Waals surface area (Å²) < 4.78 is 0. The Morgan fingerprint density at radius 1 is 1.50 bits per heavy atom. The van der Waals surface area contributed by atoms with Crippen LogP contribution in [0.3, 0.4) is 0 Å². The van der Waals surface area contributed by atoms with Gasteiger partial charge in [0.1, 0.15) is 5.37 Å². The average Bonchev–Trinajstić information content (AvgIpc) is 2.60. The Morgan fingerprint density at radius 3 is 2.88 bits per heavy atom. The molecule has 0 aromatic carbocycles. The molecule has 1 saturated heterocycles. The molecule has 2 aliphatic heterocycles. The predicted molar refractivity (Wildman–Crippen MR) is 68.4 cm³/mol. The topological polar surface area (TPSA) is 23.6 Å². The van der Waals surface area contributed by atoms with Gasteiger partial charge in [0.25, 0.3) is 0 Å². The SMILES string of the molecule is CC(C)N1C(=O)CSC1C1=CCCN(C)C1. The van der Waals surface area contributed by atoms with E-state index in [1.165, 1.54) is 5.57 Å². The van der Waals surface area contributed by atoms with Gasteiger partial charge in [-0.1, -0.05) is 6.08 Å². The fourth-order valence-electron chi connectivity index (χ4n) is 2.38. The molecule has 0 N–H and O–H groups in total. The number of nitrogens with zero attached hydrogens (tertiary/aromatic N) is 2. The Bertz CT molecular complexity index is 314. The lowest BCUT2D eigenvalue weighted by Crippen LogP contribution is -2.42. The molecule has 4 heteroatoms. The second kappa shape index (κ2) is 4.80. The fourth-order valence-corrected chi connectivity index (χ4v) is 3.74. The van der Waals surface area contributed by atoms with Gasteiger partial charge in [-0.2, -0.15) is 0 Å². The Morgan fingerprint density at radius 2 is 2.25 bits per heavy atom. The minimum atomic E-state index is 0.287. The summed E-state index contributed by atoms with van der Waals surface area (Å²) in [7, 11) is 2.15. The van der Waals surface area contributed by atoms with Crippen LogP contribution in [-0.2, 0) is 4.79 Å². The van der Waals surface area contributed by atoms with Crippen LogP contribution in [0.25, 0.3) is 0 Å². The van der Waals surface area contributed by atoms with E-state index in [1.54, 1.807) is 11.8 Å². The lowest BCUT2D eigenvalue weighted by molar-refractivity contribution is -0.129. The van der Waals surface area contributed by atoms with Crippen LogP contribution in [0.4, 0.5) is 0 Å². The van der Waals surface area contributed by atoms with Crippen molar-refractivity contribution in [3.8, 4) is 0 Å². The van der Waals surface area contributed by atoms with Gasteiger partial charge in [0.05, 0.1) is 5.75 Å². The number of carbonyl (C=O) groups excluding carboxylic acids is 1. The molecule has 0 aliphatic carbocycles. The summed E-state index contributed by atoms with van der Waals surface area (Å²) in [6.07, 6.45) is 3.44. The average molecular weight is 240 g/mol. The molecule has 0 bridgehead atoms. The van der Waals surface area contributed by atoms with Gasteiger partial charge in [-0.05, 0) is 32.9 Å². The van der Waals surface area contributed by atoms with Gasteiger partial charge in [-0.15, -0.1) is 11.8 Å². The van der Waals surface area contributed by atoms with E-state index in [2.05, 4.69) is 31.9 Å². The normalized spacial score (nSPS) is 27.8. The van der Waals surface area contributed by atoms with E-state index in [9.17, 15) is 4.79 Å². The van der Waals surface area contributed by atoms with E-state index in [0.717, 1.165) is 19.5 Å². The van der Waals surface area contributed by atoms with Crippen molar-refractivity contribution in [3.05, 3.63) is 11.6 Å². The number of likely N-dealkylation sites (N-methyl/N-ethyl adjacent to an activating group) is 1. The van der Waals surface area contributed by atoms with Gasteiger partial charge < -0.3 is 9.80 Å². The van der Waals surface area contributed by atoms with E-state index in [0.29, 0.717) is 17.7 Å². The lowest BCUT2D eigenvalue weighted by Gasteiger charge is -2.33. The number of carbonyl (C=O) groups is 1. The minimum Gasteiger partial charge on any atom is -0.324 e. The second-order valence-electron chi connectivity index (χ2n) is 4.86. The summed E-state index contributed by atoms with van der Waals surface area (Å²) in [6.45, 7) is 6.35. The molecular formula is C12H20N2OS. The van der Waals surface area contributed by atoms with Crippen LogP contribution in [0.2, 0.25) is 0 Å². The summed E-state index contributed by atoms with van der Waals surface area (Å²) in [5.74, 6) is 0.934. The molecule has 0 spiro atoms. The Labute approximate surface area is 102 Å². The van der Waals surface area contributed by atoms with Gasteiger partial charge in [-0.25, -0.2) is 0 Å². The van der Waals surface area contributed by atoms with E-state index in [-0.39, 0.29) is 5.37 Å². The van der Waals surface area contributed by atoms with Crippen molar-refractivity contribution in [2.75, 3.05) is 25.9 Å². The standard InChI is InChI=1S/C12H20N2OS/c1-9(2)14-11(15)8-16-12(14)10-5-4-6-13(3)7-10/h5,9,12H,4,6-8H2,1-3H3. The third kappa shape index (κ3) is 2.28. The molecule has 1 fully saturated rings. The van der Waals surface area contributed by atoms with Crippen LogP contribution in [0, 0.1) is 0 Å². The first-order chi connectivity index (χ1) is 7.59. The summed E-state index contributed by atoms with van der Waals surface area (Å²) in [5, 5.41) is 0.287. The maximum Gasteiger partial charge on any atom is 0.234 e. The number of thioether (sulfide) groups is 1. The molecule has 2 aliphatic rings. The number of amides is 1. The zero-order valence-corrected chi connectivity index (χ0v) is 11.1. The van der Waals surface area contributed by atoms with Crippen LogP contribution in [-0.4, -0.2) is 53.0 Å². The van der Waals surface area contributed by atoms with E-state index in [4.69, 9.17) is 0 Å². The highest BCUT2D eigenvalue weighted by atomic mass is 32.2. The largest absolute Gasteiger partial charge is 0.324 e. The molecule has 16 heavy (non-hydrogen) atoms. The van der Waals surface area contributed by atoms with Crippen molar-refractivity contribution < 1.29 is 4.79 Å². The minimum absolute atomic E-state index is 0.287. The molecule has 0 saturated carbocycles. The first-order valence-corrected chi connectivity index (χ1v) is 6.94. The summed E-state index contributed by atoms with van der Waals surface area (Å²) in [4.78, 5) is 16.2. The molecule has 0 aromatic rings. The van der Waals surface area contributed by atoms with E-state index >= 15 is 0 Å². The smallest absolute Gasteiger partial charge is 0.234 e. The molecule has 2 heterocycles. The first kappa shape index (κ1) is 12.0. The second-order valence-corrected chi connectivity index (χ2v) is 5.93. The highest BCUT2D eigenvalue weighted by Gasteiger charge is 2.36. The Balaban J connectivity index is 2.14. The Kier molecular flexibility index (Phi) is 3.60. The van der Waals surface area contributed by atoms with Gasteiger partial charge >= 0.3 is 0 Å². The predicted octanol–water partition coefficient (Wildman–Crippen LogP) is 1.56. The monoisotopic (exact) mass is 240 g/mol. The van der Waals surface area contributed by atoms with Crippen LogP contribution in [0.5, 0.6) is 0 Å². The van der Waals surface area contributed by atoms with Crippen LogP contribution < -0.4 is 0 Å². The molecule has 1 unspecified atom stereocenters. The zero-order valence-electron chi connectivity index (χ0n) is 10.3. The molecular weight excluding hydrogens is 220 g/mol. The molecule has 3 nitrogen and oxygen atoms in total. The Hall–Kier alpha value is -0.480. The van der Waals surface area contributed by atoms with Crippen molar-refractivity contribution in [2.45, 2.75) is 31.7 Å². The highest BCUT2D eigenvalue weighted by Crippen LogP contribution is 2.33. The van der Waals surface area contributed by atoms with Crippen molar-refractivity contribution >= 4 is 17.7 Å². The quantitative estimate of drug-likeness (QED) is 0.684. The summed E-state index contributed by atoms with van der Waals surface area (Å²) in [6, 6.07) is 0.306. The lowest BCUT2D eigenvalue weighted by atomic mass is 10.1. The van der Waals surface area contributed by atoms with Crippen molar-refractivity contribution in [3.63, 3.8) is 0 Å². The molecule has 0 radical (unpaired) electrons. The summed E-state index contributed by atoms with van der Waals surface area (Å²) in [5.41, 5.74) is 1.42. The van der Waals surface area contributed by atoms with Gasteiger partial charge in [0.2, 0.25) is 5.91 Å². The first-order valence-electron chi connectivity index (χ1n) is 5.90. The van der Waals surface area contributed by atoms with Crippen LogP contribution in [0.1, 0.15) is 20.3 Å². The van der Waals surface area contributed by atoms with Gasteiger partial charge in [0, 0.05) is 19.1 Å². The maximum absolute atomic E-state index is 11.8. The molecule has 1 atom stereocenters. The third-order valence-electron chi connectivity index (χ3n) is 3.15. The number of hydrogen-bond acceptors (Lipinski definition) is 3. The van der Waals surface area contributed by atoms with Crippen LogP contribution in [0.15, 0.2) is 11.6 Å². The number of rotatable bonds is 2. The van der Waals surface area contributed by atoms with Crippen molar-refractivity contribution in [1.29, 1.82) is 0 Å². The molecule has 90 valence electrons. The maximum atomic E-state index is 11.8. The van der Waals surface area contributed by atoms with E-state index < -0.39 is 0 Å². The van der Waals surface area contributed by atoms with Crippen LogP contribution >= 0.6 is 11.8 Å². The van der Waals surface area contributed by atoms with Gasteiger partial charge in [-0.3, -0.25) is 4.79 Å². The fraction of sp³-hybridized carbons (Fsp3) is 0.750. The van der Waals surface area contributed by atoms with Crippen molar-refractivity contribution in [2.24, 2.45) is 0 Å². The van der Waals surface area contributed by atoms with E-state index in [1.807, 2.05) is 4.90 Å². The zero-order chi connectivity index (χ0) is 11.7. The summed E-state index contributed by atoms with van der Waals surface area (Å²) >= 11 is 1.78. The number of hydrogen-bond donors (Lipinski definition) is 0.